The molecule has 1 saturated heterocycles. The van der Waals surface area contributed by atoms with Gasteiger partial charge in [-0.15, -0.1) is 12.4 Å². The van der Waals surface area contributed by atoms with Crippen LogP contribution in [0.2, 0.25) is 0 Å². The first-order valence-electron chi connectivity index (χ1n) is 12.8. The molecule has 1 unspecified atom stereocenters. The van der Waals surface area contributed by atoms with Gasteiger partial charge in [0.05, 0.1) is 5.92 Å². The number of amides is 2. The lowest BCUT2D eigenvalue weighted by Crippen LogP contribution is -2.31. The van der Waals surface area contributed by atoms with Crippen LogP contribution < -0.4 is 15.1 Å². The quantitative estimate of drug-likeness (QED) is 0.426. The van der Waals surface area contributed by atoms with Crippen LogP contribution in [0.3, 0.4) is 0 Å². The number of hydrogen-bond acceptors (Lipinski definition) is 3. The Morgan fingerprint density at radius 1 is 0.943 bits per heavy atom. The largest absolute Gasteiger partial charge is 0.481 e. The Morgan fingerprint density at radius 3 is 2.29 bits per heavy atom. The van der Waals surface area contributed by atoms with Crippen LogP contribution in [0.15, 0.2) is 42.5 Å². The standard InChI is InChI=1S/C28H37N3O3.ClH/c1-2-3-4-5-6-24(27(32)33)19-21-7-10-25(11-8-21)30-17-18-31(28(30)34)26-12-9-22-13-15-29-16-14-23(22)20-26;/h7-12,20,24,29H,2-6,13-19H2,1H3,(H,32,33);1H. The van der Waals surface area contributed by atoms with Crippen molar-refractivity contribution in [3.8, 4) is 0 Å². The third kappa shape index (κ3) is 6.77. The van der Waals surface area contributed by atoms with E-state index in [4.69, 9.17) is 0 Å². The van der Waals surface area contributed by atoms with Crippen molar-refractivity contribution in [1.82, 2.24) is 5.32 Å². The number of benzene rings is 2. The van der Waals surface area contributed by atoms with Gasteiger partial charge in [0.2, 0.25) is 0 Å². The van der Waals surface area contributed by atoms with Crippen LogP contribution in [0.1, 0.15) is 55.7 Å². The van der Waals surface area contributed by atoms with Gasteiger partial charge in [-0.05, 0) is 79.7 Å². The number of fused-ring (bicyclic) bond motifs is 1. The zero-order valence-corrected chi connectivity index (χ0v) is 21.5. The Kier molecular flexibility index (Phi) is 9.99. The Hall–Kier alpha value is -2.57. The highest BCUT2D eigenvalue weighted by Gasteiger charge is 2.31. The van der Waals surface area contributed by atoms with Crippen molar-refractivity contribution in [2.45, 2.75) is 58.3 Å². The molecule has 0 aliphatic carbocycles. The van der Waals surface area contributed by atoms with E-state index in [9.17, 15) is 14.7 Å². The minimum Gasteiger partial charge on any atom is -0.481 e. The molecule has 0 radical (unpaired) electrons. The van der Waals surface area contributed by atoms with Crippen molar-refractivity contribution in [1.29, 1.82) is 0 Å². The van der Waals surface area contributed by atoms with Crippen LogP contribution >= 0.6 is 12.4 Å². The molecule has 2 aromatic rings. The fourth-order valence-electron chi connectivity index (χ4n) is 5.07. The van der Waals surface area contributed by atoms with Crippen molar-refractivity contribution in [3.05, 3.63) is 59.2 Å². The second-order valence-electron chi connectivity index (χ2n) is 9.54. The van der Waals surface area contributed by atoms with Gasteiger partial charge >= 0.3 is 12.0 Å². The number of carboxylic acids is 1. The van der Waals surface area contributed by atoms with Gasteiger partial charge in [0.25, 0.3) is 0 Å². The first kappa shape index (κ1) is 27.0. The third-order valence-corrected chi connectivity index (χ3v) is 7.14. The highest BCUT2D eigenvalue weighted by Crippen LogP contribution is 2.28. The van der Waals surface area contributed by atoms with Gasteiger partial charge in [0.1, 0.15) is 0 Å². The van der Waals surface area contributed by atoms with Crippen LogP contribution in [-0.2, 0) is 24.1 Å². The molecule has 0 spiro atoms. The molecule has 1 fully saturated rings. The predicted octanol–water partition coefficient (Wildman–Crippen LogP) is 5.46. The summed E-state index contributed by atoms with van der Waals surface area (Å²) in [4.78, 5) is 28.6. The lowest BCUT2D eigenvalue weighted by Gasteiger charge is -2.20. The van der Waals surface area contributed by atoms with Crippen molar-refractivity contribution in [2.24, 2.45) is 5.92 Å². The Balaban J connectivity index is 0.00000342. The number of unbranched alkanes of at least 4 members (excludes halogenated alkanes) is 3. The summed E-state index contributed by atoms with van der Waals surface area (Å²) >= 11 is 0. The zero-order chi connectivity index (χ0) is 23.9. The highest BCUT2D eigenvalue weighted by atomic mass is 35.5. The van der Waals surface area contributed by atoms with Crippen LogP contribution in [0.25, 0.3) is 0 Å². The van der Waals surface area contributed by atoms with E-state index in [1.807, 2.05) is 34.1 Å². The maximum Gasteiger partial charge on any atom is 0.329 e. The number of rotatable bonds is 10. The zero-order valence-electron chi connectivity index (χ0n) is 20.7. The van der Waals surface area contributed by atoms with Crippen molar-refractivity contribution >= 4 is 35.8 Å². The summed E-state index contributed by atoms with van der Waals surface area (Å²) in [5.41, 5.74) is 5.55. The molecule has 4 rings (SSSR count). The smallest absolute Gasteiger partial charge is 0.329 e. The molecule has 2 aromatic carbocycles. The van der Waals surface area contributed by atoms with E-state index in [1.54, 1.807) is 0 Å². The number of carbonyl (C=O) groups is 2. The molecule has 190 valence electrons. The third-order valence-electron chi connectivity index (χ3n) is 7.14. The fraction of sp³-hybridized carbons (Fsp3) is 0.500. The summed E-state index contributed by atoms with van der Waals surface area (Å²) in [7, 11) is 0. The van der Waals surface area contributed by atoms with Crippen molar-refractivity contribution < 1.29 is 14.7 Å². The van der Waals surface area contributed by atoms with Gasteiger partial charge in [0.15, 0.2) is 0 Å². The van der Waals surface area contributed by atoms with Crippen LogP contribution in [0.5, 0.6) is 0 Å². The van der Waals surface area contributed by atoms with E-state index >= 15 is 0 Å². The molecule has 0 saturated carbocycles. The Labute approximate surface area is 215 Å². The first-order valence-corrected chi connectivity index (χ1v) is 12.8. The van der Waals surface area contributed by atoms with E-state index < -0.39 is 5.97 Å². The number of urea groups is 1. The topological polar surface area (TPSA) is 72.9 Å². The summed E-state index contributed by atoms with van der Waals surface area (Å²) in [5.74, 6) is -1.07. The number of halogens is 1. The van der Waals surface area contributed by atoms with E-state index in [0.29, 0.717) is 25.9 Å². The van der Waals surface area contributed by atoms with Gasteiger partial charge in [-0.25, -0.2) is 4.79 Å². The van der Waals surface area contributed by atoms with Crippen molar-refractivity contribution in [3.63, 3.8) is 0 Å². The van der Waals surface area contributed by atoms with Gasteiger partial charge in [-0.3, -0.25) is 14.6 Å². The molecular weight excluding hydrogens is 462 g/mol. The van der Waals surface area contributed by atoms with Crippen LogP contribution in [-0.4, -0.2) is 43.3 Å². The normalized spacial score (nSPS) is 16.4. The second-order valence-corrected chi connectivity index (χ2v) is 9.54. The average molecular weight is 500 g/mol. The SMILES string of the molecule is CCCCCCC(Cc1ccc(N2CCN(c3ccc4c(c3)CCNCC4)C2=O)cc1)C(=O)O.Cl. The molecule has 6 nitrogen and oxygen atoms in total. The summed E-state index contributed by atoms with van der Waals surface area (Å²) in [5, 5.41) is 13.1. The molecule has 2 aliphatic rings. The molecule has 2 heterocycles. The maximum absolute atomic E-state index is 13.2. The summed E-state index contributed by atoms with van der Waals surface area (Å²) in [6, 6.07) is 14.3. The Bertz CT molecular complexity index is 995. The molecular formula is C28H38ClN3O3. The number of nitrogens with one attached hydrogen (secondary N) is 1. The molecule has 2 aliphatic heterocycles. The number of hydrogen-bond donors (Lipinski definition) is 2. The number of carboxylic acid groups (broad SMARTS) is 1. The minimum atomic E-state index is -0.720. The number of carbonyl (C=O) groups excluding carboxylic acids is 1. The summed E-state index contributed by atoms with van der Waals surface area (Å²) < 4.78 is 0. The minimum absolute atomic E-state index is 0. The Morgan fingerprint density at radius 2 is 1.60 bits per heavy atom. The van der Waals surface area contributed by atoms with Gasteiger partial charge < -0.3 is 10.4 Å². The monoisotopic (exact) mass is 499 g/mol. The highest BCUT2D eigenvalue weighted by molar-refractivity contribution is 6.06. The van der Waals surface area contributed by atoms with Gasteiger partial charge in [0, 0.05) is 24.5 Å². The van der Waals surface area contributed by atoms with Gasteiger partial charge in [-0.2, -0.15) is 0 Å². The van der Waals surface area contributed by atoms with E-state index in [2.05, 4.69) is 30.4 Å². The predicted molar refractivity (Wildman–Crippen MR) is 144 cm³/mol. The molecule has 35 heavy (non-hydrogen) atoms. The molecule has 7 heteroatoms. The van der Waals surface area contributed by atoms with E-state index in [0.717, 1.165) is 68.6 Å². The van der Waals surface area contributed by atoms with Gasteiger partial charge in [-0.1, -0.05) is 50.8 Å². The number of nitrogens with zero attached hydrogens (tertiary/aromatic N) is 2. The summed E-state index contributed by atoms with van der Waals surface area (Å²) in [6.07, 6.45) is 7.63. The molecule has 0 aromatic heterocycles. The van der Waals surface area contributed by atoms with E-state index in [1.165, 1.54) is 11.1 Å². The molecule has 2 amide bonds. The van der Waals surface area contributed by atoms with Crippen LogP contribution in [0.4, 0.5) is 16.2 Å². The number of aliphatic carboxylic acids is 1. The molecule has 1 atom stereocenters. The van der Waals surface area contributed by atoms with Crippen LogP contribution in [0, 0.1) is 5.92 Å². The maximum atomic E-state index is 13.2. The number of anilines is 2. The van der Waals surface area contributed by atoms with E-state index in [-0.39, 0.29) is 24.4 Å². The van der Waals surface area contributed by atoms with Crippen molar-refractivity contribution in [2.75, 3.05) is 36.0 Å². The molecule has 0 bridgehead atoms. The fourth-order valence-corrected chi connectivity index (χ4v) is 5.07. The summed E-state index contributed by atoms with van der Waals surface area (Å²) in [6.45, 7) is 5.45. The first-order chi connectivity index (χ1) is 16.6. The average Bonchev–Trinajstić information content (AvgIpc) is 3.07. The lowest BCUT2D eigenvalue weighted by molar-refractivity contribution is -0.142. The molecule has 2 N–H and O–H groups in total. The second kappa shape index (κ2) is 12.9. The lowest BCUT2D eigenvalue weighted by atomic mass is 9.93.